The van der Waals surface area contributed by atoms with Crippen molar-refractivity contribution in [2.75, 3.05) is 25.3 Å². The summed E-state index contributed by atoms with van der Waals surface area (Å²) in [6.45, 7) is 3.89. The number of esters is 2. The molecule has 11 heteroatoms. The van der Waals surface area contributed by atoms with Crippen LogP contribution < -0.4 is 5.32 Å². The van der Waals surface area contributed by atoms with Gasteiger partial charge in [-0.05, 0) is 43.2 Å². The number of aryl methyl sites for hydroxylation is 1. The Morgan fingerprint density at radius 1 is 1.18 bits per heavy atom. The van der Waals surface area contributed by atoms with Crippen LogP contribution in [0.1, 0.15) is 49.4 Å². The molecular weight excluding hydrogens is 482 g/mol. The fourth-order valence-corrected chi connectivity index (χ4v) is 7.26. The summed E-state index contributed by atoms with van der Waals surface area (Å²) in [6.07, 6.45) is 4.72. The van der Waals surface area contributed by atoms with Crippen LogP contribution in [0.2, 0.25) is 0 Å². The summed E-state index contributed by atoms with van der Waals surface area (Å²) >= 11 is 4.05. The number of carbonyl (C=O) groups excluding carboxylic acids is 3. The molecule has 1 N–H and O–H groups in total. The second kappa shape index (κ2) is 9.78. The highest BCUT2D eigenvalue weighted by Gasteiger charge is 2.27. The first-order chi connectivity index (χ1) is 15.8. The number of amides is 1. The fraction of sp³-hybridized carbons (Fsp3) is 0.409. The zero-order valence-corrected chi connectivity index (χ0v) is 21.1. The first-order valence-electron chi connectivity index (χ1n) is 10.3. The number of nitrogens with zero attached hydrogens (tertiary/aromatic N) is 2. The molecule has 0 radical (unpaired) electrons. The quantitative estimate of drug-likeness (QED) is 0.297. The molecule has 3 aromatic rings. The van der Waals surface area contributed by atoms with E-state index < -0.39 is 11.9 Å². The number of thioether (sulfide) groups is 1. The second-order valence-electron chi connectivity index (χ2n) is 7.79. The highest BCUT2D eigenvalue weighted by atomic mass is 32.2. The number of hydrogen-bond acceptors (Lipinski definition) is 10. The lowest BCUT2D eigenvalue weighted by atomic mass is 9.89. The summed E-state index contributed by atoms with van der Waals surface area (Å²) < 4.78 is 9.62. The van der Waals surface area contributed by atoms with Gasteiger partial charge in [-0.2, -0.15) is 0 Å². The van der Waals surface area contributed by atoms with Gasteiger partial charge in [0.1, 0.15) is 26.1 Å². The third-order valence-electron chi connectivity index (χ3n) is 5.56. The maximum absolute atomic E-state index is 12.8. The monoisotopic (exact) mass is 505 g/mol. The van der Waals surface area contributed by atoms with Crippen molar-refractivity contribution < 1.29 is 23.9 Å². The molecule has 1 aliphatic carbocycles. The standard InChI is InChI=1S/C22H23N3O5S3/c1-10-5-6-12-13(7-10)32-19-16(12)18(23-9-24-19)31-8-14(26)25-20-15(21(27)29-3)11(2)17(33-20)22(28)30-4/h9-10H,5-8H2,1-4H3,(H,25,26). The molecule has 1 aliphatic rings. The molecule has 4 rings (SSSR count). The number of carbonyl (C=O) groups is 3. The van der Waals surface area contributed by atoms with Crippen LogP contribution in [0.15, 0.2) is 11.4 Å². The van der Waals surface area contributed by atoms with E-state index in [4.69, 9.17) is 9.47 Å². The molecule has 0 saturated carbocycles. The maximum Gasteiger partial charge on any atom is 0.348 e. The molecule has 33 heavy (non-hydrogen) atoms. The largest absolute Gasteiger partial charge is 0.465 e. The third kappa shape index (κ3) is 4.62. The number of aromatic nitrogens is 2. The Balaban J connectivity index is 1.55. The number of methoxy groups -OCH3 is 2. The minimum Gasteiger partial charge on any atom is -0.465 e. The number of ether oxygens (including phenoxy) is 2. The van der Waals surface area contributed by atoms with Crippen LogP contribution in [-0.4, -0.2) is 47.8 Å². The van der Waals surface area contributed by atoms with Crippen molar-refractivity contribution in [3.63, 3.8) is 0 Å². The molecule has 0 saturated heterocycles. The predicted octanol–water partition coefficient (Wildman–Crippen LogP) is 4.49. The SMILES string of the molecule is COC(=O)c1sc(NC(=O)CSc2ncnc3sc4c(c23)CCC(C)C4)c(C(=O)OC)c1C. The number of anilines is 1. The van der Waals surface area contributed by atoms with Crippen LogP contribution in [-0.2, 0) is 27.1 Å². The van der Waals surface area contributed by atoms with Crippen LogP contribution in [0.5, 0.6) is 0 Å². The highest BCUT2D eigenvalue weighted by Crippen LogP contribution is 2.40. The molecule has 174 valence electrons. The van der Waals surface area contributed by atoms with Gasteiger partial charge in [0.25, 0.3) is 0 Å². The molecule has 8 nitrogen and oxygen atoms in total. The maximum atomic E-state index is 12.8. The number of rotatable bonds is 6. The molecule has 3 heterocycles. The summed E-state index contributed by atoms with van der Waals surface area (Å²) in [4.78, 5) is 48.6. The molecule has 0 fully saturated rings. The zero-order valence-electron chi connectivity index (χ0n) is 18.6. The Morgan fingerprint density at radius 3 is 2.67 bits per heavy atom. The van der Waals surface area contributed by atoms with Gasteiger partial charge in [-0.15, -0.1) is 22.7 Å². The van der Waals surface area contributed by atoms with Crippen LogP contribution in [0, 0.1) is 12.8 Å². The Kier molecular flexibility index (Phi) is 7.01. The molecule has 1 amide bonds. The molecule has 0 aromatic carbocycles. The minimum absolute atomic E-state index is 0.0955. The van der Waals surface area contributed by atoms with Gasteiger partial charge < -0.3 is 14.8 Å². The number of hydrogen-bond donors (Lipinski definition) is 1. The van der Waals surface area contributed by atoms with E-state index in [-0.39, 0.29) is 27.1 Å². The Bertz CT molecular complexity index is 1250. The fourth-order valence-electron chi connectivity index (χ4n) is 3.89. The predicted molar refractivity (Wildman–Crippen MR) is 130 cm³/mol. The average molecular weight is 506 g/mol. The van der Waals surface area contributed by atoms with Gasteiger partial charge in [0.05, 0.1) is 25.5 Å². The lowest BCUT2D eigenvalue weighted by molar-refractivity contribution is -0.113. The minimum atomic E-state index is -0.626. The van der Waals surface area contributed by atoms with E-state index in [0.717, 1.165) is 45.8 Å². The summed E-state index contributed by atoms with van der Waals surface area (Å²) in [6, 6.07) is 0. The second-order valence-corrected chi connectivity index (χ2v) is 10.9. The summed E-state index contributed by atoms with van der Waals surface area (Å²) in [5.74, 6) is -0.755. The molecule has 0 spiro atoms. The molecule has 1 unspecified atom stereocenters. The Labute approximate surface area is 203 Å². The normalized spacial score (nSPS) is 15.2. The van der Waals surface area contributed by atoms with E-state index in [1.165, 1.54) is 42.7 Å². The third-order valence-corrected chi connectivity index (χ3v) is 8.90. The molecule has 0 aliphatic heterocycles. The van der Waals surface area contributed by atoms with Crippen LogP contribution in [0.3, 0.4) is 0 Å². The highest BCUT2D eigenvalue weighted by molar-refractivity contribution is 8.00. The van der Waals surface area contributed by atoms with Crippen molar-refractivity contribution in [3.05, 3.63) is 32.8 Å². The smallest absolute Gasteiger partial charge is 0.348 e. The van der Waals surface area contributed by atoms with E-state index in [9.17, 15) is 14.4 Å². The van der Waals surface area contributed by atoms with Crippen molar-refractivity contribution in [2.24, 2.45) is 5.92 Å². The topological polar surface area (TPSA) is 107 Å². The van der Waals surface area contributed by atoms with Crippen molar-refractivity contribution in [3.8, 4) is 0 Å². The van der Waals surface area contributed by atoms with Crippen molar-refractivity contribution in [1.29, 1.82) is 0 Å². The van der Waals surface area contributed by atoms with Crippen molar-refractivity contribution >= 4 is 67.5 Å². The molecule has 0 bridgehead atoms. The van der Waals surface area contributed by atoms with Crippen LogP contribution >= 0.6 is 34.4 Å². The van der Waals surface area contributed by atoms with Gasteiger partial charge >= 0.3 is 11.9 Å². The Morgan fingerprint density at radius 2 is 1.94 bits per heavy atom. The molecule has 3 aromatic heterocycles. The van der Waals surface area contributed by atoms with Gasteiger partial charge in [0.2, 0.25) is 5.91 Å². The first-order valence-corrected chi connectivity index (χ1v) is 12.9. The van der Waals surface area contributed by atoms with Gasteiger partial charge in [-0.3, -0.25) is 4.79 Å². The summed E-state index contributed by atoms with van der Waals surface area (Å²) in [5, 5.41) is 4.86. The van der Waals surface area contributed by atoms with Crippen LogP contribution in [0.4, 0.5) is 5.00 Å². The van der Waals surface area contributed by atoms with E-state index in [1.807, 2.05) is 0 Å². The van der Waals surface area contributed by atoms with E-state index in [1.54, 1.807) is 18.3 Å². The molecular formula is C22H23N3O5S3. The van der Waals surface area contributed by atoms with E-state index in [0.29, 0.717) is 11.5 Å². The van der Waals surface area contributed by atoms with Gasteiger partial charge in [0.15, 0.2) is 0 Å². The summed E-state index contributed by atoms with van der Waals surface area (Å²) in [5.41, 5.74) is 1.88. The first kappa shape index (κ1) is 23.7. The van der Waals surface area contributed by atoms with Crippen molar-refractivity contribution in [2.45, 2.75) is 38.1 Å². The van der Waals surface area contributed by atoms with E-state index in [2.05, 4.69) is 22.2 Å². The lowest BCUT2D eigenvalue weighted by Gasteiger charge is -2.18. The van der Waals surface area contributed by atoms with Gasteiger partial charge in [0, 0.05) is 10.3 Å². The van der Waals surface area contributed by atoms with Gasteiger partial charge in [-0.25, -0.2) is 19.6 Å². The number of nitrogens with one attached hydrogen (secondary N) is 1. The lowest BCUT2D eigenvalue weighted by Crippen LogP contribution is -2.16. The summed E-state index contributed by atoms with van der Waals surface area (Å²) in [7, 11) is 2.52. The van der Waals surface area contributed by atoms with Crippen LogP contribution in [0.25, 0.3) is 10.2 Å². The number of fused-ring (bicyclic) bond motifs is 3. The van der Waals surface area contributed by atoms with Gasteiger partial charge in [-0.1, -0.05) is 18.7 Å². The van der Waals surface area contributed by atoms with E-state index >= 15 is 0 Å². The average Bonchev–Trinajstić information content (AvgIpc) is 3.33. The Hall–Kier alpha value is -2.50. The zero-order chi connectivity index (χ0) is 23.7. The molecule has 1 atom stereocenters. The number of thiophene rings is 2. The van der Waals surface area contributed by atoms with Crippen molar-refractivity contribution in [1.82, 2.24) is 9.97 Å².